The maximum absolute atomic E-state index is 12.2. The molecule has 2 rings (SSSR count). The van der Waals surface area contributed by atoms with E-state index >= 15 is 0 Å². The van der Waals surface area contributed by atoms with Gasteiger partial charge in [0.05, 0.1) is 16.8 Å². The van der Waals surface area contributed by atoms with Crippen LogP contribution in [0, 0.1) is 6.92 Å². The molecule has 2 N–H and O–H groups in total. The van der Waals surface area contributed by atoms with Crippen molar-refractivity contribution in [3.05, 3.63) is 42.4 Å². The molecule has 2 aromatic rings. The topological polar surface area (TPSA) is 84.0 Å². The Morgan fingerprint density at radius 3 is 2.65 bits per heavy atom. The van der Waals surface area contributed by atoms with Crippen molar-refractivity contribution in [3.63, 3.8) is 0 Å². The molecule has 0 aliphatic rings. The van der Waals surface area contributed by atoms with Gasteiger partial charge in [0.1, 0.15) is 5.82 Å². The van der Waals surface area contributed by atoms with Crippen LogP contribution < -0.4 is 10.0 Å². The molecule has 0 bridgehead atoms. The van der Waals surface area contributed by atoms with Gasteiger partial charge in [0, 0.05) is 24.5 Å². The van der Waals surface area contributed by atoms with E-state index < -0.39 is 10.0 Å². The van der Waals surface area contributed by atoms with Crippen molar-refractivity contribution in [1.82, 2.24) is 9.97 Å². The lowest BCUT2D eigenvalue weighted by molar-refractivity contribution is 0.601. The second kappa shape index (κ2) is 5.87. The fraction of sp³-hybridized carbons (Fsp3) is 0.231. The second-order valence-corrected chi connectivity index (χ2v) is 5.88. The smallest absolute Gasteiger partial charge is 0.262 e. The summed E-state index contributed by atoms with van der Waals surface area (Å²) >= 11 is 0. The molecule has 0 aliphatic heterocycles. The van der Waals surface area contributed by atoms with Gasteiger partial charge in [-0.3, -0.25) is 9.71 Å². The zero-order chi connectivity index (χ0) is 14.6. The Hall–Kier alpha value is -2.15. The molecule has 106 valence electrons. The molecule has 0 aromatic carbocycles. The van der Waals surface area contributed by atoms with Crippen molar-refractivity contribution in [2.24, 2.45) is 0 Å². The minimum Gasteiger partial charge on any atom is -0.370 e. The summed E-state index contributed by atoms with van der Waals surface area (Å²) in [6.45, 7) is 4.43. The monoisotopic (exact) mass is 292 g/mol. The standard InChI is InChI=1S/C13H16N4O2S/c1-3-14-13-8-12(6-7-15-13)20(18,19)17-11-5-4-10(2)16-9-11/h4-9,17H,3H2,1-2H3,(H,14,15). The largest absolute Gasteiger partial charge is 0.370 e. The number of hydrogen-bond acceptors (Lipinski definition) is 5. The van der Waals surface area contributed by atoms with E-state index in [0.29, 0.717) is 18.1 Å². The molecule has 20 heavy (non-hydrogen) atoms. The summed E-state index contributed by atoms with van der Waals surface area (Å²) in [5.74, 6) is 0.525. The zero-order valence-corrected chi connectivity index (χ0v) is 12.1. The van der Waals surface area contributed by atoms with Gasteiger partial charge in [0.15, 0.2) is 0 Å². The van der Waals surface area contributed by atoms with Crippen molar-refractivity contribution >= 4 is 21.5 Å². The van der Waals surface area contributed by atoms with Crippen LogP contribution in [0.3, 0.4) is 0 Å². The Kier molecular flexibility index (Phi) is 4.19. The maximum Gasteiger partial charge on any atom is 0.262 e. The van der Waals surface area contributed by atoms with Crippen LogP contribution in [0.15, 0.2) is 41.6 Å². The van der Waals surface area contributed by atoms with Crippen LogP contribution in [0.2, 0.25) is 0 Å². The summed E-state index contributed by atoms with van der Waals surface area (Å²) in [5.41, 5.74) is 1.25. The first kappa shape index (κ1) is 14.3. The summed E-state index contributed by atoms with van der Waals surface area (Å²) < 4.78 is 27.0. The fourth-order valence-electron chi connectivity index (χ4n) is 1.60. The highest BCUT2D eigenvalue weighted by atomic mass is 32.2. The van der Waals surface area contributed by atoms with Crippen molar-refractivity contribution in [2.45, 2.75) is 18.7 Å². The third-order valence-corrected chi connectivity index (χ3v) is 3.94. The van der Waals surface area contributed by atoms with Crippen molar-refractivity contribution in [3.8, 4) is 0 Å². The van der Waals surface area contributed by atoms with E-state index in [9.17, 15) is 8.42 Å². The molecule has 2 heterocycles. The van der Waals surface area contributed by atoms with Crippen LogP contribution in [-0.4, -0.2) is 24.9 Å². The Balaban J connectivity index is 2.25. The highest BCUT2D eigenvalue weighted by Gasteiger charge is 2.15. The molecule has 0 radical (unpaired) electrons. The second-order valence-electron chi connectivity index (χ2n) is 4.20. The van der Waals surface area contributed by atoms with Gasteiger partial charge in [-0.2, -0.15) is 0 Å². The van der Waals surface area contributed by atoms with Crippen LogP contribution in [0.1, 0.15) is 12.6 Å². The Labute approximate surface area is 118 Å². The van der Waals surface area contributed by atoms with Crippen LogP contribution >= 0.6 is 0 Å². The number of nitrogens with zero attached hydrogens (tertiary/aromatic N) is 2. The normalized spacial score (nSPS) is 11.1. The highest BCUT2D eigenvalue weighted by Crippen LogP contribution is 2.17. The van der Waals surface area contributed by atoms with Gasteiger partial charge in [-0.25, -0.2) is 13.4 Å². The molecular weight excluding hydrogens is 276 g/mol. The molecule has 0 spiro atoms. The van der Waals surface area contributed by atoms with Crippen LogP contribution in [-0.2, 0) is 10.0 Å². The lowest BCUT2D eigenvalue weighted by atomic mass is 10.4. The van der Waals surface area contributed by atoms with E-state index in [2.05, 4.69) is 20.0 Å². The molecule has 0 unspecified atom stereocenters. The van der Waals surface area contributed by atoms with E-state index in [0.717, 1.165) is 5.69 Å². The highest BCUT2D eigenvalue weighted by molar-refractivity contribution is 7.92. The molecule has 0 fully saturated rings. The third-order valence-electron chi connectivity index (χ3n) is 2.56. The molecule has 6 nitrogen and oxygen atoms in total. The summed E-state index contributed by atoms with van der Waals surface area (Å²) in [4.78, 5) is 8.25. The number of anilines is 2. The predicted molar refractivity (Wildman–Crippen MR) is 78.2 cm³/mol. The Morgan fingerprint density at radius 1 is 1.20 bits per heavy atom. The van der Waals surface area contributed by atoms with Crippen LogP contribution in [0.4, 0.5) is 11.5 Å². The first-order valence-electron chi connectivity index (χ1n) is 6.16. The number of nitrogens with one attached hydrogen (secondary N) is 2. The van der Waals surface area contributed by atoms with E-state index in [-0.39, 0.29) is 4.90 Å². The fourth-order valence-corrected chi connectivity index (χ4v) is 2.65. The summed E-state index contributed by atoms with van der Waals surface area (Å²) in [5, 5.41) is 2.98. The Bertz CT molecular complexity index is 684. The number of aromatic nitrogens is 2. The average Bonchev–Trinajstić information content (AvgIpc) is 2.42. The molecule has 0 saturated heterocycles. The van der Waals surface area contributed by atoms with Crippen molar-refractivity contribution in [2.75, 3.05) is 16.6 Å². The van der Waals surface area contributed by atoms with Gasteiger partial charge in [0.25, 0.3) is 10.0 Å². The minimum absolute atomic E-state index is 0.157. The van der Waals surface area contributed by atoms with E-state index in [1.807, 2.05) is 13.8 Å². The van der Waals surface area contributed by atoms with Gasteiger partial charge in [-0.05, 0) is 32.0 Å². The summed E-state index contributed by atoms with van der Waals surface area (Å²) in [7, 11) is -3.64. The maximum atomic E-state index is 12.2. The number of sulfonamides is 1. The van der Waals surface area contributed by atoms with Gasteiger partial charge in [-0.1, -0.05) is 0 Å². The van der Waals surface area contributed by atoms with E-state index in [1.54, 1.807) is 12.1 Å². The van der Waals surface area contributed by atoms with Crippen LogP contribution in [0.25, 0.3) is 0 Å². The third kappa shape index (κ3) is 3.45. The van der Waals surface area contributed by atoms with Gasteiger partial charge >= 0.3 is 0 Å². The SMILES string of the molecule is CCNc1cc(S(=O)(=O)Nc2ccc(C)nc2)ccn1. The van der Waals surface area contributed by atoms with Crippen molar-refractivity contribution in [1.29, 1.82) is 0 Å². The summed E-state index contributed by atoms with van der Waals surface area (Å²) in [6.07, 6.45) is 2.94. The van der Waals surface area contributed by atoms with E-state index in [1.165, 1.54) is 24.5 Å². The van der Waals surface area contributed by atoms with Crippen molar-refractivity contribution < 1.29 is 8.42 Å². The molecule has 0 atom stereocenters. The summed E-state index contributed by atoms with van der Waals surface area (Å²) in [6, 6.07) is 6.36. The average molecular weight is 292 g/mol. The van der Waals surface area contributed by atoms with Gasteiger partial charge in [-0.15, -0.1) is 0 Å². The van der Waals surface area contributed by atoms with Gasteiger partial charge < -0.3 is 5.32 Å². The Morgan fingerprint density at radius 2 is 2.00 bits per heavy atom. The minimum atomic E-state index is -3.64. The number of aryl methyl sites for hydroxylation is 1. The number of pyridine rings is 2. The quantitative estimate of drug-likeness (QED) is 0.880. The zero-order valence-electron chi connectivity index (χ0n) is 11.3. The first-order chi connectivity index (χ1) is 9.51. The number of hydrogen-bond donors (Lipinski definition) is 2. The molecule has 2 aromatic heterocycles. The molecule has 0 aliphatic carbocycles. The molecule has 0 saturated carbocycles. The van der Waals surface area contributed by atoms with Gasteiger partial charge in [0.2, 0.25) is 0 Å². The lowest BCUT2D eigenvalue weighted by Gasteiger charge is -2.09. The molecular formula is C13H16N4O2S. The molecule has 0 amide bonds. The molecule has 7 heteroatoms. The van der Waals surface area contributed by atoms with E-state index in [4.69, 9.17) is 0 Å². The number of rotatable bonds is 5. The first-order valence-corrected chi connectivity index (χ1v) is 7.65. The predicted octanol–water partition coefficient (Wildman–Crippen LogP) is 2.02. The lowest BCUT2D eigenvalue weighted by Crippen LogP contribution is -2.14. The van der Waals surface area contributed by atoms with Crippen LogP contribution in [0.5, 0.6) is 0 Å².